The van der Waals surface area contributed by atoms with Crippen LogP contribution in [0.1, 0.15) is 5.56 Å². The van der Waals surface area contributed by atoms with Crippen LogP contribution in [0.3, 0.4) is 0 Å². The molecule has 19 heavy (non-hydrogen) atoms. The first kappa shape index (κ1) is 11.8. The summed E-state index contributed by atoms with van der Waals surface area (Å²) in [6.07, 6.45) is 2.04. The molecular weight excluding hydrogens is 236 g/mol. The lowest BCUT2D eigenvalue weighted by atomic mass is 9.98. The molecule has 0 bridgehead atoms. The molecule has 0 fully saturated rings. The van der Waals surface area contributed by atoms with Gasteiger partial charge in [0.15, 0.2) is 0 Å². The van der Waals surface area contributed by atoms with Gasteiger partial charge < -0.3 is 4.74 Å². The summed E-state index contributed by atoms with van der Waals surface area (Å²) in [6.45, 7) is 2.10. The normalized spacial score (nSPS) is 10.9. The molecular formula is C16H16N2O. The zero-order valence-electron chi connectivity index (χ0n) is 11.3. The second-order valence-corrected chi connectivity index (χ2v) is 4.73. The van der Waals surface area contributed by atoms with Crippen molar-refractivity contribution in [1.82, 2.24) is 9.78 Å². The van der Waals surface area contributed by atoms with Crippen LogP contribution < -0.4 is 4.74 Å². The van der Waals surface area contributed by atoms with Crippen LogP contribution in [0, 0.1) is 6.92 Å². The number of rotatable bonds is 2. The molecule has 3 rings (SSSR count). The Morgan fingerprint density at radius 3 is 2.68 bits per heavy atom. The summed E-state index contributed by atoms with van der Waals surface area (Å²) < 4.78 is 7.11. The van der Waals surface area contributed by atoms with Gasteiger partial charge in [-0.1, -0.05) is 24.3 Å². The largest absolute Gasteiger partial charge is 0.497 e. The van der Waals surface area contributed by atoms with Crippen LogP contribution in [-0.4, -0.2) is 16.9 Å². The van der Waals surface area contributed by atoms with Gasteiger partial charge in [-0.25, -0.2) is 0 Å². The third kappa shape index (κ3) is 1.97. The molecule has 2 aromatic carbocycles. The highest BCUT2D eigenvalue weighted by Crippen LogP contribution is 2.31. The van der Waals surface area contributed by atoms with E-state index in [1.165, 1.54) is 16.7 Å². The first-order valence-corrected chi connectivity index (χ1v) is 6.26. The van der Waals surface area contributed by atoms with Gasteiger partial charge in [0.2, 0.25) is 0 Å². The Morgan fingerprint density at radius 1 is 1.11 bits per heavy atom. The first-order valence-electron chi connectivity index (χ1n) is 6.26. The fourth-order valence-corrected chi connectivity index (χ4v) is 2.45. The van der Waals surface area contributed by atoms with Gasteiger partial charge in [-0.05, 0) is 30.2 Å². The summed E-state index contributed by atoms with van der Waals surface area (Å²) in [4.78, 5) is 0. The maximum absolute atomic E-state index is 5.26. The standard InChI is InChI=1S/C16H16N2O/c1-11-9-13(19-3)7-8-14(11)15-6-4-5-12-10-18(2)17-16(12)15/h4-10H,1-3H3. The average Bonchev–Trinajstić information content (AvgIpc) is 2.78. The summed E-state index contributed by atoms with van der Waals surface area (Å²) in [5, 5.41) is 5.72. The lowest BCUT2D eigenvalue weighted by Gasteiger charge is -2.08. The molecule has 0 aliphatic rings. The number of aryl methyl sites for hydroxylation is 2. The van der Waals surface area contributed by atoms with Crippen LogP contribution in [0.25, 0.3) is 22.0 Å². The van der Waals surface area contributed by atoms with Gasteiger partial charge >= 0.3 is 0 Å². The zero-order valence-corrected chi connectivity index (χ0v) is 11.3. The Balaban J connectivity index is 2.24. The number of nitrogens with zero attached hydrogens (tertiary/aromatic N) is 2. The highest BCUT2D eigenvalue weighted by molar-refractivity contribution is 5.94. The topological polar surface area (TPSA) is 27.1 Å². The van der Waals surface area contributed by atoms with Crippen molar-refractivity contribution in [3.05, 3.63) is 48.2 Å². The van der Waals surface area contributed by atoms with Crippen molar-refractivity contribution in [3.63, 3.8) is 0 Å². The SMILES string of the molecule is COc1ccc(-c2cccc3cn(C)nc23)c(C)c1. The lowest BCUT2D eigenvalue weighted by Crippen LogP contribution is -1.89. The molecule has 3 heteroatoms. The third-order valence-corrected chi connectivity index (χ3v) is 3.37. The molecule has 0 amide bonds. The maximum Gasteiger partial charge on any atom is 0.119 e. The molecule has 0 spiro atoms. The van der Waals surface area contributed by atoms with E-state index in [9.17, 15) is 0 Å². The highest BCUT2D eigenvalue weighted by atomic mass is 16.5. The predicted molar refractivity (Wildman–Crippen MR) is 77.4 cm³/mol. The number of hydrogen-bond donors (Lipinski definition) is 0. The molecule has 0 saturated carbocycles. The average molecular weight is 252 g/mol. The van der Waals surface area contributed by atoms with E-state index in [2.05, 4.69) is 42.4 Å². The van der Waals surface area contributed by atoms with Gasteiger partial charge in [-0.3, -0.25) is 4.68 Å². The Labute approximate surface area is 112 Å². The molecule has 1 aromatic heterocycles. The molecule has 0 saturated heterocycles. The van der Waals surface area contributed by atoms with Gasteiger partial charge in [-0.15, -0.1) is 0 Å². The summed E-state index contributed by atoms with van der Waals surface area (Å²) in [7, 11) is 3.64. The van der Waals surface area contributed by atoms with E-state index in [4.69, 9.17) is 4.74 Å². The van der Waals surface area contributed by atoms with Gasteiger partial charge in [0, 0.05) is 24.2 Å². The van der Waals surface area contributed by atoms with Crippen LogP contribution in [0.4, 0.5) is 0 Å². The minimum absolute atomic E-state index is 0.884. The van der Waals surface area contributed by atoms with Crippen LogP contribution in [-0.2, 0) is 7.05 Å². The Morgan fingerprint density at radius 2 is 1.95 bits per heavy atom. The molecule has 1 heterocycles. The number of ether oxygens (including phenoxy) is 1. The molecule has 3 aromatic rings. The van der Waals surface area contributed by atoms with E-state index in [0.717, 1.165) is 16.7 Å². The second kappa shape index (κ2) is 4.43. The predicted octanol–water partition coefficient (Wildman–Crippen LogP) is 3.56. The number of aromatic nitrogens is 2. The van der Waals surface area contributed by atoms with Crippen molar-refractivity contribution in [3.8, 4) is 16.9 Å². The van der Waals surface area contributed by atoms with Gasteiger partial charge in [0.05, 0.1) is 7.11 Å². The summed E-state index contributed by atoms with van der Waals surface area (Å²) in [6, 6.07) is 12.4. The van der Waals surface area contributed by atoms with E-state index in [1.807, 2.05) is 24.0 Å². The lowest BCUT2D eigenvalue weighted by molar-refractivity contribution is 0.414. The van der Waals surface area contributed by atoms with Crippen LogP contribution in [0.5, 0.6) is 5.75 Å². The molecule has 3 nitrogen and oxygen atoms in total. The van der Waals surface area contributed by atoms with Crippen LogP contribution >= 0.6 is 0 Å². The van der Waals surface area contributed by atoms with Crippen LogP contribution in [0.2, 0.25) is 0 Å². The third-order valence-electron chi connectivity index (χ3n) is 3.37. The van der Waals surface area contributed by atoms with Crippen LogP contribution in [0.15, 0.2) is 42.6 Å². The second-order valence-electron chi connectivity index (χ2n) is 4.73. The molecule has 0 unspecified atom stereocenters. The number of benzene rings is 2. The van der Waals surface area contributed by atoms with Crippen molar-refractivity contribution in [2.45, 2.75) is 6.92 Å². The van der Waals surface area contributed by atoms with Crippen molar-refractivity contribution in [2.24, 2.45) is 7.05 Å². The number of methoxy groups -OCH3 is 1. The Bertz CT molecular complexity index is 744. The summed E-state index contributed by atoms with van der Waals surface area (Å²) >= 11 is 0. The van der Waals surface area contributed by atoms with Crippen molar-refractivity contribution in [2.75, 3.05) is 7.11 Å². The van der Waals surface area contributed by atoms with Crippen molar-refractivity contribution >= 4 is 10.9 Å². The molecule has 0 N–H and O–H groups in total. The Hall–Kier alpha value is -2.29. The Kier molecular flexibility index (Phi) is 2.75. The number of fused-ring (bicyclic) bond motifs is 1. The van der Waals surface area contributed by atoms with E-state index < -0.39 is 0 Å². The molecule has 0 radical (unpaired) electrons. The molecule has 96 valence electrons. The van der Waals surface area contributed by atoms with E-state index >= 15 is 0 Å². The fourth-order valence-electron chi connectivity index (χ4n) is 2.45. The van der Waals surface area contributed by atoms with Crippen molar-refractivity contribution in [1.29, 1.82) is 0 Å². The monoisotopic (exact) mass is 252 g/mol. The fraction of sp³-hybridized carbons (Fsp3) is 0.188. The van der Waals surface area contributed by atoms with E-state index in [1.54, 1.807) is 7.11 Å². The molecule has 0 aliphatic carbocycles. The summed E-state index contributed by atoms with van der Waals surface area (Å²) in [5.41, 5.74) is 4.60. The summed E-state index contributed by atoms with van der Waals surface area (Å²) in [5.74, 6) is 0.884. The minimum atomic E-state index is 0.884. The minimum Gasteiger partial charge on any atom is -0.497 e. The van der Waals surface area contributed by atoms with Gasteiger partial charge in [0.25, 0.3) is 0 Å². The zero-order chi connectivity index (χ0) is 13.4. The molecule has 0 aliphatic heterocycles. The number of hydrogen-bond acceptors (Lipinski definition) is 2. The smallest absolute Gasteiger partial charge is 0.119 e. The molecule has 0 atom stereocenters. The van der Waals surface area contributed by atoms with Gasteiger partial charge in [0.1, 0.15) is 11.3 Å². The van der Waals surface area contributed by atoms with Gasteiger partial charge in [-0.2, -0.15) is 5.10 Å². The quantitative estimate of drug-likeness (QED) is 0.697. The first-order chi connectivity index (χ1) is 9.19. The highest BCUT2D eigenvalue weighted by Gasteiger charge is 2.09. The van der Waals surface area contributed by atoms with E-state index in [0.29, 0.717) is 0 Å². The van der Waals surface area contributed by atoms with E-state index in [-0.39, 0.29) is 0 Å². The maximum atomic E-state index is 5.26. The van der Waals surface area contributed by atoms with Crippen molar-refractivity contribution < 1.29 is 4.74 Å².